The molecular formula is C15H24ClNO3. The Bertz CT molecular complexity index is 391. The van der Waals surface area contributed by atoms with Gasteiger partial charge in [-0.15, -0.1) is 0 Å². The summed E-state index contributed by atoms with van der Waals surface area (Å²) in [7, 11) is 0. The van der Waals surface area contributed by atoms with Crippen molar-refractivity contribution in [1.29, 1.82) is 0 Å². The minimum atomic E-state index is -0.546. The molecule has 0 heterocycles. The Morgan fingerprint density at radius 2 is 1.90 bits per heavy atom. The van der Waals surface area contributed by atoms with Crippen LogP contribution in [0.25, 0.3) is 0 Å². The zero-order chi connectivity index (χ0) is 14.1. The second-order valence-corrected chi connectivity index (χ2v) is 4.57. The van der Waals surface area contributed by atoms with Crippen LogP contribution in [0.3, 0.4) is 0 Å². The SMILES string of the molecule is C=CCOc1ccccc1OCC(O)CNC(C)C.[Cl-].[H+]. The number of aliphatic hydroxyl groups excluding tert-OH is 1. The molecule has 0 saturated carbocycles. The van der Waals surface area contributed by atoms with Gasteiger partial charge in [-0.05, 0) is 12.1 Å². The zero-order valence-corrected chi connectivity index (χ0v) is 12.8. The van der Waals surface area contributed by atoms with Gasteiger partial charge in [0.2, 0.25) is 0 Å². The molecule has 0 aliphatic rings. The molecule has 0 aromatic heterocycles. The summed E-state index contributed by atoms with van der Waals surface area (Å²) in [6.07, 6.45) is 1.13. The Labute approximate surface area is 128 Å². The molecule has 2 N–H and O–H groups in total. The van der Waals surface area contributed by atoms with Crippen LogP contribution in [-0.2, 0) is 0 Å². The molecule has 1 aromatic rings. The molecule has 0 spiro atoms. The highest BCUT2D eigenvalue weighted by Crippen LogP contribution is 2.26. The summed E-state index contributed by atoms with van der Waals surface area (Å²) >= 11 is 0. The van der Waals surface area contributed by atoms with Crippen molar-refractivity contribution in [3.8, 4) is 11.5 Å². The van der Waals surface area contributed by atoms with Crippen LogP contribution in [0.4, 0.5) is 0 Å². The van der Waals surface area contributed by atoms with Gasteiger partial charge in [0, 0.05) is 12.6 Å². The highest BCUT2D eigenvalue weighted by molar-refractivity contribution is 5.39. The summed E-state index contributed by atoms with van der Waals surface area (Å²) in [6, 6.07) is 7.74. The first-order chi connectivity index (χ1) is 9.13. The van der Waals surface area contributed by atoms with Crippen molar-refractivity contribution < 1.29 is 28.4 Å². The number of ether oxygens (including phenoxy) is 2. The van der Waals surface area contributed by atoms with Crippen molar-refractivity contribution in [3.05, 3.63) is 36.9 Å². The number of rotatable bonds is 9. The second kappa shape index (κ2) is 10.5. The lowest BCUT2D eigenvalue weighted by Crippen LogP contribution is -3.00. The predicted octanol–water partition coefficient (Wildman–Crippen LogP) is -0.894. The molecule has 20 heavy (non-hydrogen) atoms. The van der Waals surface area contributed by atoms with Gasteiger partial charge >= 0.3 is 1.43 Å². The molecule has 5 heteroatoms. The summed E-state index contributed by atoms with van der Waals surface area (Å²) < 4.78 is 11.1. The number of halogens is 1. The van der Waals surface area contributed by atoms with Gasteiger partial charge in [0.05, 0.1) is 0 Å². The van der Waals surface area contributed by atoms with Crippen LogP contribution in [0.2, 0.25) is 0 Å². The maximum atomic E-state index is 9.78. The topological polar surface area (TPSA) is 50.7 Å². The summed E-state index contributed by atoms with van der Waals surface area (Å²) in [5.74, 6) is 1.29. The molecule has 0 radical (unpaired) electrons. The maximum Gasteiger partial charge on any atom is 1.00 e. The molecule has 0 aliphatic heterocycles. The summed E-state index contributed by atoms with van der Waals surface area (Å²) in [5.41, 5.74) is 0. The molecule has 1 aromatic carbocycles. The van der Waals surface area contributed by atoms with E-state index in [4.69, 9.17) is 9.47 Å². The van der Waals surface area contributed by atoms with Gasteiger partial charge < -0.3 is 32.3 Å². The minimum Gasteiger partial charge on any atom is -1.00 e. The van der Waals surface area contributed by atoms with Gasteiger partial charge in [-0.3, -0.25) is 0 Å². The van der Waals surface area contributed by atoms with Crippen molar-refractivity contribution >= 4 is 0 Å². The van der Waals surface area contributed by atoms with Crippen LogP contribution < -0.4 is 27.2 Å². The maximum absolute atomic E-state index is 9.78. The van der Waals surface area contributed by atoms with E-state index < -0.39 is 6.10 Å². The Hall–Kier alpha value is -1.23. The fourth-order valence-electron chi connectivity index (χ4n) is 1.45. The third kappa shape index (κ3) is 7.38. The summed E-state index contributed by atoms with van der Waals surface area (Å²) in [5, 5.41) is 12.9. The quantitative estimate of drug-likeness (QED) is 0.581. The van der Waals surface area contributed by atoms with Crippen molar-refractivity contribution in [1.82, 2.24) is 5.32 Å². The molecular weight excluding hydrogens is 278 g/mol. The second-order valence-electron chi connectivity index (χ2n) is 4.57. The lowest BCUT2D eigenvalue weighted by Gasteiger charge is -2.16. The summed E-state index contributed by atoms with van der Waals surface area (Å²) in [4.78, 5) is 0. The summed E-state index contributed by atoms with van der Waals surface area (Å²) in [6.45, 7) is 8.84. The molecule has 1 unspecified atom stereocenters. The molecule has 1 atom stereocenters. The third-order valence-electron chi connectivity index (χ3n) is 2.40. The normalized spacial score (nSPS) is 11.6. The van der Waals surface area contributed by atoms with Crippen LogP contribution in [0, 0.1) is 0 Å². The number of hydrogen-bond donors (Lipinski definition) is 2. The van der Waals surface area contributed by atoms with E-state index in [1.165, 1.54) is 0 Å². The highest BCUT2D eigenvalue weighted by atomic mass is 35.5. The highest BCUT2D eigenvalue weighted by Gasteiger charge is 2.08. The predicted molar refractivity (Wildman–Crippen MR) is 77.9 cm³/mol. The van der Waals surface area contributed by atoms with Crippen LogP contribution in [0.15, 0.2) is 36.9 Å². The van der Waals surface area contributed by atoms with Crippen LogP contribution >= 0.6 is 0 Å². The molecule has 0 amide bonds. The fraction of sp³-hybridized carbons (Fsp3) is 0.467. The largest absolute Gasteiger partial charge is 1.00 e. The van der Waals surface area contributed by atoms with E-state index in [1.54, 1.807) is 6.08 Å². The first-order valence-corrected chi connectivity index (χ1v) is 6.50. The molecule has 114 valence electrons. The van der Waals surface area contributed by atoms with Crippen molar-refractivity contribution in [2.75, 3.05) is 19.8 Å². The van der Waals surface area contributed by atoms with E-state index in [0.29, 0.717) is 30.7 Å². The van der Waals surface area contributed by atoms with E-state index in [0.717, 1.165) is 0 Å². The number of para-hydroxylation sites is 2. The van der Waals surface area contributed by atoms with Gasteiger partial charge in [0.25, 0.3) is 0 Å². The number of hydrogen-bond acceptors (Lipinski definition) is 4. The monoisotopic (exact) mass is 301 g/mol. The van der Waals surface area contributed by atoms with Gasteiger partial charge in [-0.2, -0.15) is 0 Å². The van der Waals surface area contributed by atoms with E-state index in [1.807, 2.05) is 38.1 Å². The first kappa shape index (κ1) is 18.8. The van der Waals surface area contributed by atoms with Crippen LogP contribution in [0.5, 0.6) is 11.5 Å². The van der Waals surface area contributed by atoms with Gasteiger partial charge in [-0.1, -0.05) is 38.6 Å². The minimum absolute atomic E-state index is 0. The lowest BCUT2D eigenvalue weighted by atomic mass is 10.3. The fourth-order valence-corrected chi connectivity index (χ4v) is 1.45. The number of aliphatic hydroxyl groups is 1. The van der Waals surface area contributed by atoms with E-state index in [2.05, 4.69) is 11.9 Å². The Morgan fingerprint density at radius 3 is 2.45 bits per heavy atom. The lowest BCUT2D eigenvalue weighted by molar-refractivity contribution is -0.00000627. The third-order valence-corrected chi connectivity index (χ3v) is 2.40. The zero-order valence-electron chi connectivity index (χ0n) is 13.0. The standard InChI is InChI=1S/C15H23NO3.ClH/c1-4-9-18-14-7-5-6-8-15(14)19-11-13(17)10-16-12(2)3;/h4-8,12-13,16-17H,1,9-11H2,2-3H3;1H. The molecule has 0 fully saturated rings. The van der Waals surface area contributed by atoms with E-state index >= 15 is 0 Å². The van der Waals surface area contributed by atoms with Gasteiger partial charge in [0.15, 0.2) is 11.5 Å². The Balaban J connectivity index is 0. The van der Waals surface area contributed by atoms with Crippen LogP contribution in [0.1, 0.15) is 15.3 Å². The van der Waals surface area contributed by atoms with E-state index in [-0.39, 0.29) is 20.4 Å². The molecule has 4 nitrogen and oxygen atoms in total. The van der Waals surface area contributed by atoms with Crippen molar-refractivity contribution in [2.45, 2.75) is 26.0 Å². The first-order valence-electron chi connectivity index (χ1n) is 6.50. The van der Waals surface area contributed by atoms with E-state index in [9.17, 15) is 5.11 Å². The Morgan fingerprint density at radius 1 is 1.30 bits per heavy atom. The van der Waals surface area contributed by atoms with Crippen molar-refractivity contribution in [3.63, 3.8) is 0 Å². The Kier molecular flexibility index (Phi) is 9.90. The molecule has 0 bridgehead atoms. The van der Waals surface area contributed by atoms with Gasteiger partial charge in [0.1, 0.15) is 19.3 Å². The average molecular weight is 302 g/mol. The smallest absolute Gasteiger partial charge is 1.00 e. The average Bonchev–Trinajstić information content (AvgIpc) is 2.41. The molecule has 0 aliphatic carbocycles. The van der Waals surface area contributed by atoms with Gasteiger partial charge in [-0.25, -0.2) is 0 Å². The number of nitrogens with one attached hydrogen (secondary N) is 1. The van der Waals surface area contributed by atoms with Crippen molar-refractivity contribution in [2.24, 2.45) is 0 Å². The molecule has 0 saturated heterocycles. The number of benzene rings is 1. The molecule has 1 rings (SSSR count). The van der Waals surface area contributed by atoms with Crippen LogP contribution in [-0.4, -0.2) is 37.0 Å².